The molecular formula is C13H7N5O2S2. The first-order valence-corrected chi connectivity index (χ1v) is 7.93. The molecule has 0 N–H and O–H groups in total. The summed E-state index contributed by atoms with van der Waals surface area (Å²) in [7, 11) is 0. The molecule has 0 aliphatic heterocycles. The molecule has 3 heterocycles. The lowest BCUT2D eigenvalue weighted by Crippen LogP contribution is -1.90. The van der Waals surface area contributed by atoms with Gasteiger partial charge in [0.15, 0.2) is 5.82 Å². The van der Waals surface area contributed by atoms with E-state index in [1.165, 1.54) is 23.5 Å². The molecule has 4 aromatic rings. The number of hydrogen-bond donors (Lipinski definition) is 0. The summed E-state index contributed by atoms with van der Waals surface area (Å²) in [5.74, 6) is 0.679. The summed E-state index contributed by atoms with van der Waals surface area (Å²) >= 11 is 2.91. The maximum absolute atomic E-state index is 10.9. The lowest BCUT2D eigenvalue weighted by molar-refractivity contribution is -0.384. The molecule has 9 heteroatoms. The van der Waals surface area contributed by atoms with Crippen molar-refractivity contribution in [2.24, 2.45) is 0 Å². The van der Waals surface area contributed by atoms with Crippen molar-refractivity contribution in [3.8, 4) is 21.3 Å². The van der Waals surface area contributed by atoms with E-state index in [-0.39, 0.29) is 5.69 Å². The van der Waals surface area contributed by atoms with Gasteiger partial charge < -0.3 is 0 Å². The van der Waals surface area contributed by atoms with E-state index in [9.17, 15) is 10.1 Å². The molecule has 0 bridgehead atoms. The highest BCUT2D eigenvalue weighted by molar-refractivity contribution is 7.19. The molecule has 0 fully saturated rings. The second-order valence-electron chi connectivity index (χ2n) is 4.41. The van der Waals surface area contributed by atoms with Crippen LogP contribution in [0.3, 0.4) is 0 Å². The van der Waals surface area contributed by atoms with Crippen LogP contribution in [0.1, 0.15) is 0 Å². The Morgan fingerprint density at radius 1 is 1.18 bits per heavy atom. The highest BCUT2D eigenvalue weighted by atomic mass is 32.1. The van der Waals surface area contributed by atoms with Gasteiger partial charge in [-0.3, -0.25) is 10.1 Å². The van der Waals surface area contributed by atoms with E-state index in [1.807, 2.05) is 17.5 Å². The van der Waals surface area contributed by atoms with Gasteiger partial charge in [0.25, 0.3) is 5.69 Å². The van der Waals surface area contributed by atoms with E-state index >= 15 is 0 Å². The van der Waals surface area contributed by atoms with Gasteiger partial charge in [-0.1, -0.05) is 29.5 Å². The van der Waals surface area contributed by atoms with E-state index in [0.29, 0.717) is 21.4 Å². The van der Waals surface area contributed by atoms with Gasteiger partial charge in [-0.25, -0.2) is 0 Å². The third-order valence-electron chi connectivity index (χ3n) is 3.04. The predicted octanol–water partition coefficient (Wildman–Crippen LogP) is 3.49. The summed E-state index contributed by atoms with van der Waals surface area (Å²) in [6, 6.07) is 10.3. The fraction of sp³-hybridized carbons (Fsp3) is 0. The van der Waals surface area contributed by atoms with Gasteiger partial charge in [0.2, 0.25) is 4.96 Å². The Balaban J connectivity index is 1.84. The largest absolute Gasteiger partial charge is 0.270 e. The number of benzene rings is 1. The molecule has 0 unspecified atom stereocenters. The van der Waals surface area contributed by atoms with E-state index < -0.39 is 4.92 Å². The molecule has 0 radical (unpaired) electrons. The van der Waals surface area contributed by atoms with Crippen LogP contribution in [0.25, 0.3) is 26.2 Å². The Morgan fingerprint density at radius 2 is 2.09 bits per heavy atom. The Morgan fingerprint density at radius 3 is 2.86 bits per heavy atom. The first kappa shape index (κ1) is 13.0. The van der Waals surface area contributed by atoms with Crippen LogP contribution in [-0.2, 0) is 0 Å². The van der Waals surface area contributed by atoms with Crippen LogP contribution in [0.15, 0.2) is 41.8 Å². The van der Waals surface area contributed by atoms with Gasteiger partial charge in [0.1, 0.15) is 5.01 Å². The number of hydrogen-bond acceptors (Lipinski definition) is 7. The Bertz CT molecular complexity index is 974. The second-order valence-corrected chi connectivity index (χ2v) is 6.31. The molecule has 0 spiro atoms. The highest BCUT2D eigenvalue weighted by Gasteiger charge is 2.16. The van der Waals surface area contributed by atoms with Crippen molar-refractivity contribution in [2.45, 2.75) is 0 Å². The Kier molecular flexibility index (Phi) is 2.94. The number of rotatable bonds is 3. The molecule has 4 rings (SSSR count). The standard InChI is InChI=1S/C13H7N5O2S2/c19-18(20)9-4-1-3-8(7-9)12-16-17-11(10-5-2-6-21-10)14-15-13(17)22-12/h1-7H. The van der Waals surface area contributed by atoms with Crippen LogP contribution >= 0.6 is 22.7 Å². The van der Waals surface area contributed by atoms with Crippen molar-refractivity contribution in [1.29, 1.82) is 0 Å². The topological polar surface area (TPSA) is 86.2 Å². The number of non-ortho nitro benzene ring substituents is 1. The van der Waals surface area contributed by atoms with Gasteiger partial charge in [-0.05, 0) is 11.4 Å². The first-order valence-electron chi connectivity index (χ1n) is 6.23. The summed E-state index contributed by atoms with van der Waals surface area (Å²) in [6.07, 6.45) is 0. The van der Waals surface area contributed by atoms with Gasteiger partial charge >= 0.3 is 0 Å². The molecule has 7 nitrogen and oxygen atoms in total. The Labute approximate surface area is 131 Å². The SMILES string of the molecule is O=[N+]([O-])c1cccc(-c2nn3c(-c4cccs4)nnc3s2)c1. The van der Waals surface area contributed by atoms with Crippen LogP contribution in [-0.4, -0.2) is 24.7 Å². The van der Waals surface area contributed by atoms with E-state index in [2.05, 4.69) is 15.3 Å². The summed E-state index contributed by atoms with van der Waals surface area (Å²) in [4.78, 5) is 12.1. The van der Waals surface area contributed by atoms with Crippen LogP contribution in [0.5, 0.6) is 0 Å². The molecule has 108 valence electrons. The van der Waals surface area contributed by atoms with Crippen LogP contribution < -0.4 is 0 Å². The third-order valence-corrected chi connectivity index (χ3v) is 4.85. The molecule has 0 aliphatic carbocycles. The number of fused-ring (bicyclic) bond motifs is 1. The highest BCUT2D eigenvalue weighted by Crippen LogP contribution is 2.30. The van der Waals surface area contributed by atoms with Gasteiger partial charge in [-0.2, -0.15) is 9.61 Å². The monoisotopic (exact) mass is 329 g/mol. The normalized spacial score (nSPS) is 11.1. The van der Waals surface area contributed by atoms with Crippen molar-refractivity contribution in [3.63, 3.8) is 0 Å². The summed E-state index contributed by atoms with van der Waals surface area (Å²) in [5, 5.41) is 26.3. The smallest absolute Gasteiger partial charge is 0.258 e. The number of nitro benzene ring substituents is 1. The first-order chi connectivity index (χ1) is 10.7. The molecule has 0 amide bonds. The zero-order valence-electron chi connectivity index (χ0n) is 10.9. The van der Waals surface area contributed by atoms with Crippen molar-refractivity contribution in [3.05, 3.63) is 51.9 Å². The summed E-state index contributed by atoms with van der Waals surface area (Å²) in [5.41, 5.74) is 0.740. The van der Waals surface area contributed by atoms with Crippen LogP contribution in [0.2, 0.25) is 0 Å². The molecular weight excluding hydrogens is 322 g/mol. The average molecular weight is 329 g/mol. The van der Waals surface area contributed by atoms with E-state index in [1.54, 1.807) is 28.0 Å². The van der Waals surface area contributed by atoms with E-state index in [0.717, 1.165) is 4.88 Å². The maximum atomic E-state index is 10.9. The second kappa shape index (κ2) is 4.97. The van der Waals surface area contributed by atoms with Gasteiger partial charge in [0.05, 0.1) is 9.80 Å². The minimum Gasteiger partial charge on any atom is -0.258 e. The predicted molar refractivity (Wildman–Crippen MR) is 84.1 cm³/mol. The fourth-order valence-corrected chi connectivity index (χ4v) is 3.57. The Hall–Kier alpha value is -2.65. The quantitative estimate of drug-likeness (QED) is 0.424. The third kappa shape index (κ3) is 2.07. The lowest BCUT2D eigenvalue weighted by atomic mass is 10.2. The molecule has 1 aromatic carbocycles. The summed E-state index contributed by atoms with van der Waals surface area (Å²) < 4.78 is 1.67. The average Bonchev–Trinajstić information content (AvgIpc) is 3.23. The minimum atomic E-state index is -0.416. The van der Waals surface area contributed by atoms with Crippen molar-refractivity contribution >= 4 is 33.3 Å². The number of thiophene rings is 1. The van der Waals surface area contributed by atoms with Crippen molar-refractivity contribution in [1.82, 2.24) is 19.8 Å². The zero-order valence-corrected chi connectivity index (χ0v) is 12.5. The molecule has 0 aliphatic rings. The molecule has 22 heavy (non-hydrogen) atoms. The zero-order chi connectivity index (χ0) is 15.1. The molecule has 0 saturated heterocycles. The minimum absolute atomic E-state index is 0.0435. The molecule has 0 atom stereocenters. The van der Waals surface area contributed by atoms with Crippen molar-refractivity contribution in [2.75, 3.05) is 0 Å². The summed E-state index contributed by atoms with van der Waals surface area (Å²) in [6.45, 7) is 0. The van der Waals surface area contributed by atoms with E-state index in [4.69, 9.17) is 0 Å². The van der Waals surface area contributed by atoms with Crippen molar-refractivity contribution < 1.29 is 4.92 Å². The fourth-order valence-electron chi connectivity index (χ4n) is 2.05. The molecule has 0 saturated carbocycles. The van der Waals surface area contributed by atoms with Gasteiger partial charge in [-0.15, -0.1) is 21.5 Å². The lowest BCUT2D eigenvalue weighted by Gasteiger charge is -1.95. The number of nitrogens with zero attached hydrogens (tertiary/aromatic N) is 5. The van der Waals surface area contributed by atoms with Crippen LogP contribution in [0, 0.1) is 10.1 Å². The van der Waals surface area contributed by atoms with Gasteiger partial charge in [0, 0.05) is 17.7 Å². The molecule has 3 aromatic heterocycles. The maximum Gasteiger partial charge on any atom is 0.270 e. The van der Waals surface area contributed by atoms with Crippen LogP contribution in [0.4, 0.5) is 5.69 Å². The number of nitro groups is 1. The number of aromatic nitrogens is 4.